The molecular formula is C22H27N3OS. The lowest BCUT2D eigenvalue weighted by atomic mass is 10.0. The van der Waals surface area contributed by atoms with Crippen LogP contribution in [0.25, 0.3) is 12.2 Å². The van der Waals surface area contributed by atoms with Gasteiger partial charge >= 0.3 is 0 Å². The number of nitrogens with zero attached hydrogens (tertiary/aromatic N) is 1. The fourth-order valence-corrected chi connectivity index (χ4v) is 3.94. The Hall–Kier alpha value is -1.95. The van der Waals surface area contributed by atoms with E-state index in [-0.39, 0.29) is 0 Å². The molecule has 4 nitrogen and oxygen atoms in total. The molecule has 0 amide bonds. The molecule has 2 aromatic rings. The highest BCUT2D eigenvalue weighted by Gasteiger charge is 2.25. The molecule has 1 aromatic heterocycles. The van der Waals surface area contributed by atoms with Gasteiger partial charge in [-0.3, -0.25) is 0 Å². The average molecular weight is 382 g/mol. The molecule has 2 heterocycles. The van der Waals surface area contributed by atoms with Crippen LogP contribution in [0.5, 0.6) is 5.75 Å². The first-order chi connectivity index (χ1) is 13.3. The summed E-state index contributed by atoms with van der Waals surface area (Å²) in [4.78, 5) is 4.74. The van der Waals surface area contributed by atoms with Gasteiger partial charge in [-0.15, -0.1) is 11.3 Å². The number of nitrogens with one attached hydrogen (secondary N) is 2. The average Bonchev–Trinajstić information content (AvgIpc) is 3.38. The maximum absolute atomic E-state index is 5.79. The number of benzene rings is 1. The zero-order valence-corrected chi connectivity index (χ0v) is 16.4. The zero-order chi connectivity index (χ0) is 18.5. The van der Waals surface area contributed by atoms with Crippen molar-refractivity contribution >= 4 is 23.5 Å². The molecule has 1 aliphatic carbocycles. The van der Waals surface area contributed by atoms with Gasteiger partial charge in [0.1, 0.15) is 17.4 Å². The van der Waals surface area contributed by atoms with Crippen LogP contribution in [0.4, 0.5) is 0 Å². The Morgan fingerprint density at radius 2 is 2.15 bits per heavy atom. The first kappa shape index (κ1) is 18.4. The lowest BCUT2D eigenvalue weighted by molar-refractivity contribution is 0.331. The van der Waals surface area contributed by atoms with E-state index in [9.17, 15) is 0 Å². The number of aromatic nitrogens is 1. The first-order valence-corrected chi connectivity index (χ1v) is 10.6. The minimum absolute atomic E-state index is 0.519. The van der Waals surface area contributed by atoms with Crippen LogP contribution in [0.3, 0.4) is 0 Å². The summed E-state index contributed by atoms with van der Waals surface area (Å²) in [5.41, 5.74) is 3.64. The van der Waals surface area contributed by atoms with Gasteiger partial charge in [0.15, 0.2) is 0 Å². The molecule has 1 saturated carbocycles. The highest BCUT2D eigenvalue weighted by molar-refractivity contribution is 7.10. The van der Waals surface area contributed by atoms with Crippen molar-refractivity contribution in [1.29, 1.82) is 0 Å². The topological polar surface area (TPSA) is 46.2 Å². The van der Waals surface area contributed by atoms with E-state index in [4.69, 9.17) is 9.72 Å². The van der Waals surface area contributed by atoms with Gasteiger partial charge in [0, 0.05) is 37.5 Å². The van der Waals surface area contributed by atoms with Gasteiger partial charge in [-0.05, 0) is 48.1 Å². The molecule has 2 fully saturated rings. The third-order valence-corrected chi connectivity index (χ3v) is 5.77. The van der Waals surface area contributed by atoms with E-state index in [1.165, 1.54) is 24.1 Å². The van der Waals surface area contributed by atoms with E-state index in [1.54, 1.807) is 17.4 Å². The predicted molar refractivity (Wildman–Crippen MR) is 113 cm³/mol. The molecule has 0 radical (unpaired) electrons. The monoisotopic (exact) mass is 381 g/mol. The van der Waals surface area contributed by atoms with Gasteiger partial charge in [0.2, 0.25) is 0 Å². The van der Waals surface area contributed by atoms with Crippen LogP contribution in [-0.4, -0.2) is 31.2 Å². The van der Waals surface area contributed by atoms with Gasteiger partial charge in [-0.25, -0.2) is 4.98 Å². The van der Waals surface area contributed by atoms with Crippen LogP contribution < -0.4 is 15.4 Å². The lowest BCUT2D eigenvalue weighted by Crippen LogP contribution is -2.47. The molecule has 0 atom stereocenters. The summed E-state index contributed by atoms with van der Waals surface area (Å²) in [5.74, 6) is 2.36. The normalized spacial score (nSPS) is 17.2. The fraction of sp³-hybridized carbons (Fsp3) is 0.409. The van der Waals surface area contributed by atoms with Crippen LogP contribution in [0.15, 0.2) is 36.2 Å². The second kappa shape index (κ2) is 8.83. The number of hydrogen-bond donors (Lipinski definition) is 2. The fourth-order valence-electron chi connectivity index (χ4n) is 3.15. The van der Waals surface area contributed by atoms with Gasteiger partial charge < -0.3 is 15.4 Å². The molecule has 5 heteroatoms. The molecular weight excluding hydrogens is 354 g/mol. The Morgan fingerprint density at radius 1 is 1.26 bits per heavy atom. The number of rotatable bonds is 10. The summed E-state index contributed by atoms with van der Waals surface area (Å²) >= 11 is 1.72. The standard InChI is InChI=1S/C22H27N3OS/c1-2-7-26-20-9-16(3-6-22-25-21(15-27-22)19-4-5-19)8-17(10-20)11-23-12-18-13-24-14-18/h2-3,6,8-10,15,18-19,23-24H,1,4-5,7,11-14H2/b6-3+. The summed E-state index contributed by atoms with van der Waals surface area (Å²) in [5, 5.41) is 10.1. The maximum atomic E-state index is 5.79. The Bertz CT molecular complexity index is 806. The molecule has 2 aliphatic rings. The molecule has 1 saturated heterocycles. The quantitative estimate of drug-likeness (QED) is 0.609. The van der Waals surface area contributed by atoms with Crippen molar-refractivity contribution in [3.8, 4) is 5.75 Å². The Balaban J connectivity index is 1.43. The van der Waals surface area contributed by atoms with Gasteiger partial charge in [-0.1, -0.05) is 24.8 Å². The van der Waals surface area contributed by atoms with Crippen molar-refractivity contribution < 1.29 is 4.74 Å². The van der Waals surface area contributed by atoms with E-state index in [0.29, 0.717) is 12.5 Å². The summed E-state index contributed by atoms with van der Waals surface area (Å²) in [6.45, 7) is 8.42. The summed E-state index contributed by atoms with van der Waals surface area (Å²) in [6.07, 6.45) is 8.61. The van der Waals surface area contributed by atoms with Crippen molar-refractivity contribution in [2.45, 2.75) is 25.3 Å². The molecule has 0 unspecified atom stereocenters. The second-order valence-electron chi connectivity index (χ2n) is 7.38. The molecule has 0 bridgehead atoms. The SMILES string of the molecule is C=CCOc1cc(/C=C/c2nc(C3CC3)cs2)cc(CNCC2CNC2)c1. The van der Waals surface area contributed by atoms with Crippen molar-refractivity contribution in [2.24, 2.45) is 5.92 Å². The minimum atomic E-state index is 0.519. The highest BCUT2D eigenvalue weighted by atomic mass is 32.1. The Morgan fingerprint density at radius 3 is 2.89 bits per heavy atom. The van der Waals surface area contributed by atoms with Crippen LogP contribution >= 0.6 is 11.3 Å². The minimum Gasteiger partial charge on any atom is -0.490 e. The Labute approximate surface area is 165 Å². The first-order valence-electron chi connectivity index (χ1n) is 9.73. The smallest absolute Gasteiger partial charge is 0.120 e. The largest absolute Gasteiger partial charge is 0.490 e. The van der Waals surface area contributed by atoms with Crippen LogP contribution in [0.1, 0.15) is 40.6 Å². The molecule has 4 rings (SSSR count). The van der Waals surface area contributed by atoms with E-state index in [2.05, 4.69) is 52.9 Å². The highest BCUT2D eigenvalue weighted by Crippen LogP contribution is 2.40. The van der Waals surface area contributed by atoms with E-state index in [1.807, 2.05) is 0 Å². The second-order valence-corrected chi connectivity index (χ2v) is 8.27. The molecule has 1 aromatic carbocycles. The summed E-state index contributed by atoms with van der Waals surface area (Å²) in [6, 6.07) is 6.41. The lowest BCUT2D eigenvalue weighted by Gasteiger charge is -2.27. The molecule has 27 heavy (non-hydrogen) atoms. The van der Waals surface area contributed by atoms with Crippen molar-refractivity contribution in [3.05, 3.63) is 58.1 Å². The number of ether oxygens (including phenoxy) is 1. The third-order valence-electron chi connectivity index (χ3n) is 4.94. The zero-order valence-electron chi connectivity index (χ0n) is 15.6. The van der Waals surface area contributed by atoms with Gasteiger partial charge in [0.05, 0.1) is 5.69 Å². The molecule has 1 aliphatic heterocycles. The number of hydrogen-bond acceptors (Lipinski definition) is 5. The maximum Gasteiger partial charge on any atom is 0.120 e. The van der Waals surface area contributed by atoms with Crippen molar-refractivity contribution in [3.63, 3.8) is 0 Å². The number of thiazole rings is 1. The van der Waals surface area contributed by atoms with Gasteiger partial charge in [-0.2, -0.15) is 0 Å². The van der Waals surface area contributed by atoms with Crippen LogP contribution in [0.2, 0.25) is 0 Å². The summed E-state index contributed by atoms with van der Waals surface area (Å²) < 4.78 is 5.79. The van der Waals surface area contributed by atoms with E-state index in [0.717, 1.165) is 48.4 Å². The molecule has 142 valence electrons. The molecule has 0 spiro atoms. The van der Waals surface area contributed by atoms with Crippen LogP contribution in [0, 0.1) is 5.92 Å². The predicted octanol–water partition coefficient (Wildman–Crippen LogP) is 4.06. The van der Waals surface area contributed by atoms with Crippen molar-refractivity contribution in [1.82, 2.24) is 15.6 Å². The van der Waals surface area contributed by atoms with E-state index < -0.39 is 0 Å². The molecule has 2 N–H and O–H groups in total. The summed E-state index contributed by atoms with van der Waals surface area (Å²) in [7, 11) is 0. The Kier molecular flexibility index (Phi) is 6.02. The van der Waals surface area contributed by atoms with Gasteiger partial charge in [0.25, 0.3) is 0 Å². The van der Waals surface area contributed by atoms with Crippen LogP contribution in [-0.2, 0) is 6.54 Å². The van der Waals surface area contributed by atoms with E-state index >= 15 is 0 Å². The third kappa shape index (κ3) is 5.28. The van der Waals surface area contributed by atoms with Crippen molar-refractivity contribution in [2.75, 3.05) is 26.2 Å².